The number of nitrogens with zero attached hydrogens (tertiary/aromatic N) is 2. The van der Waals surface area contributed by atoms with Crippen LogP contribution in [0.3, 0.4) is 0 Å². The molecule has 1 rings (SSSR count). The average molecular weight is 253 g/mol. The minimum atomic E-state index is -0.917. The number of hydrogen-bond acceptors (Lipinski definition) is 3. The summed E-state index contributed by atoms with van der Waals surface area (Å²) in [5.74, 6) is -0.917. The van der Waals surface area contributed by atoms with Crippen LogP contribution < -0.4 is 4.90 Å². The maximum absolute atomic E-state index is 10.8. The second kappa shape index (κ2) is 5.55. The molecule has 4 nitrogen and oxygen atoms in total. The van der Waals surface area contributed by atoms with Crippen molar-refractivity contribution in [2.75, 3.05) is 11.4 Å². The van der Waals surface area contributed by atoms with Crippen LogP contribution in [0.5, 0.6) is 0 Å². The summed E-state index contributed by atoms with van der Waals surface area (Å²) in [6.07, 6.45) is 0. The highest BCUT2D eigenvalue weighted by molar-refractivity contribution is 6.33. The molecule has 5 heteroatoms. The predicted molar refractivity (Wildman–Crippen MR) is 66.3 cm³/mol. The molecule has 0 bridgehead atoms. The van der Waals surface area contributed by atoms with E-state index in [0.29, 0.717) is 16.3 Å². The number of benzene rings is 1. The van der Waals surface area contributed by atoms with E-state index in [4.69, 9.17) is 22.0 Å². The van der Waals surface area contributed by atoms with Crippen molar-refractivity contribution in [3.05, 3.63) is 28.8 Å². The van der Waals surface area contributed by atoms with Crippen molar-refractivity contribution in [1.29, 1.82) is 5.26 Å². The number of hydrogen-bond donors (Lipinski definition) is 1. The molecule has 0 aliphatic rings. The van der Waals surface area contributed by atoms with Gasteiger partial charge < -0.3 is 10.0 Å². The Morgan fingerprint density at radius 1 is 1.59 bits per heavy atom. The molecule has 1 N–H and O–H groups in total. The second-order valence-corrected chi connectivity index (χ2v) is 4.30. The fraction of sp³-hybridized carbons (Fsp3) is 0.333. The zero-order valence-electron chi connectivity index (χ0n) is 9.64. The first-order valence-corrected chi connectivity index (χ1v) is 5.51. The van der Waals surface area contributed by atoms with E-state index in [0.717, 1.165) is 0 Å². The number of carboxylic acids is 1. The highest BCUT2D eigenvalue weighted by Crippen LogP contribution is 2.28. The fourth-order valence-electron chi connectivity index (χ4n) is 1.50. The Morgan fingerprint density at radius 2 is 2.24 bits per heavy atom. The van der Waals surface area contributed by atoms with Gasteiger partial charge in [-0.1, -0.05) is 11.6 Å². The quantitative estimate of drug-likeness (QED) is 0.894. The van der Waals surface area contributed by atoms with Crippen molar-refractivity contribution in [2.24, 2.45) is 0 Å². The number of anilines is 1. The van der Waals surface area contributed by atoms with E-state index in [2.05, 4.69) is 0 Å². The number of carboxylic acid groups (broad SMARTS) is 1. The summed E-state index contributed by atoms with van der Waals surface area (Å²) in [7, 11) is 0. The summed E-state index contributed by atoms with van der Waals surface area (Å²) < 4.78 is 0. The van der Waals surface area contributed by atoms with Crippen LogP contribution in [-0.2, 0) is 4.79 Å². The van der Waals surface area contributed by atoms with Crippen LogP contribution in [0.4, 0.5) is 5.69 Å². The predicted octanol–water partition coefficient (Wildman–Crippen LogP) is 2.51. The summed E-state index contributed by atoms with van der Waals surface area (Å²) in [5.41, 5.74) is 1.08. The Balaban J connectivity index is 3.11. The third kappa shape index (κ3) is 3.36. The lowest BCUT2D eigenvalue weighted by Crippen LogP contribution is -2.35. The first-order valence-electron chi connectivity index (χ1n) is 5.13. The van der Waals surface area contributed by atoms with Crippen molar-refractivity contribution in [1.82, 2.24) is 0 Å². The number of aliphatic carboxylic acids is 1. The first-order chi connectivity index (χ1) is 7.95. The molecule has 0 aliphatic carbocycles. The van der Waals surface area contributed by atoms with Gasteiger partial charge in [-0.25, -0.2) is 0 Å². The fourth-order valence-corrected chi connectivity index (χ4v) is 1.79. The SMILES string of the molecule is CC(C)N(CC(=O)O)c1ccc(C#N)cc1Cl. The van der Waals surface area contributed by atoms with E-state index in [1.165, 1.54) is 6.07 Å². The molecule has 0 radical (unpaired) electrons. The van der Waals surface area contributed by atoms with Gasteiger partial charge >= 0.3 is 5.97 Å². The summed E-state index contributed by atoms with van der Waals surface area (Å²) in [6.45, 7) is 3.65. The Labute approximate surface area is 105 Å². The van der Waals surface area contributed by atoms with Gasteiger partial charge in [0.1, 0.15) is 6.54 Å². The Bertz CT molecular complexity index is 466. The van der Waals surface area contributed by atoms with Gasteiger partial charge in [-0.15, -0.1) is 0 Å². The van der Waals surface area contributed by atoms with E-state index in [9.17, 15) is 4.79 Å². The van der Waals surface area contributed by atoms with Crippen LogP contribution in [0.2, 0.25) is 5.02 Å². The molecule has 0 saturated carbocycles. The lowest BCUT2D eigenvalue weighted by molar-refractivity contribution is -0.135. The molecule has 0 saturated heterocycles. The van der Waals surface area contributed by atoms with Gasteiger partial charge in [-0.05, 0) is 32.0 Å². The minimum Gasteiger partial charge on any atom is -0.480 e. The molecule has 17 heavy (non-hydrogen) atoms. The van der Waals surface area contributed by atoms with Gasteiger partial charge in [0.05, 0.1) is 22.3 Å². The molecule has 1 aromatic rings. The third-order valence-electron chi connectivity index (χ3n) is 2.32. The van der Waals surface area contributed by atoms with E-state index in [1.807, 2.05) is 19.9 Å². The van der Waals surface area contributed by atoms with Crippen LogP contribution in [-0.4, -0.2) is 23.7 Å². The van der Waals surface area contributed by atoms with Crippen molar-refractivity contribution in [2.45, 2.75) is 19.9 Å². The first kappa shape index (κ1) is 13.3. The van der Waals surface area contributed by atoms with Gasteiger partial charge in [0.2, 0.25) is 0 Å². The van der Waals surface area contributed by atoms with Gasteiger partial charge in [-0.2, -0.15) is 5.26 Å². The second-order valence-electron chi connectivity index (χ2n) is 3.89. The third-order valence-corrected chi connectivity index (χ3v) is 2.62. The zero-order valence-corrected chi connectivity index (χ0v) is 10.4. The topological polar surface area (TPSA) is 64.3 Å². The van der Waals surface area contributed by atoms with Crippen molar-refractivity contribution in [3.63, 3.8) is 0 Å². The summed E-state index contributed by atoms with van der Waals surface area (Å²) in [6, 6.07) is 6.83. The monoisotopic (exact) mass is 252 g/mol. The lowest BCUT2D eigenvalue weighted by atomic mass is 10.2. The van der Waals surface area contributed by atoms with E-state index in [-0.39, 0.29) is 12.6 Å². The van der Waals surface area contributed by atoms with Gasteiger partial charge in [0.15, 0.2) is 0 Å². The number of rotatable bonds is 4. The summed E-state index contributed by atoms with van der Waals surface area (Å²) >= 11 is 6.04. The highest BCUT2D eigenvalue weighted by atomic mass is 35.5. The maximum atomic E-state index is 10.8. The van der Waals surface area contributed by atoms with Crippen LogP contribution in [0.15, 0.2) is 18.2 Å². The molecule has 1 aromatic carbocycles. The van der Waals surface area contributed by atoms with Crippen molar-refractivity contribution < 1.29 is 9.90 Å². The maximum Gasteiger partial charge on any atom is 0.323 e. The smallest absolute Gasteiger partial charge is 0.323 e. The van der Waals surface area contributed by atoms with Crippen molar-refractivity contribution in [3.8, 4) is 6.07 Å². The van der Waals surface area contributed by atoms with Crippen LogP contribution in [0, 0.1) is 11.3 Å². The molecule has 0 aromatic heterocycles. The summed E-state index contributed by atoms with van der Waals surface area (Å²) in [5, 5.41) is 18.0. The molecule has 0 atom stereocenters. The standard InChI is InChI=1S/C12H13ClN2O2/c1-8(2)15(7-12(16)17)11-4-3-9(6-14)5-10(11)13/h3-5,8H,7H2,1-2H3,(H,16,17). The Morgan fingerprint density at radius 3 is 2.65 bits per heavy atom. The average Bonchev–Trinajstić information content (AvgIpc) is 2.25. The zero-order chi connectivity index (χ0) is 13.0. The largest absolute Gasteiger partial charge is 0.480 e. The molecule has 90 valence electrons. The van der Waals surface area contributed by atoms with E-state index < -0.39 is 5.97 Å². The highest BCUT2D eigenvalue weighted by Gasteiger charge is 2.16. The van der Waals surface area contributed by atoms with Crippen LogP contribution >= 0.6 is 11.6 Å². The van der Waals surface area contributed by atoms with Gasteiger partial charge in [0.25, 0.3) is 0 Å². The normalized spacial score (nSPS) is 10.1. The number of nitriles is 1. The Hall–Kier alpha value is -1.73. The Kier molecular flexibility index (Phi) is 4.36. The number of carbonyl (C=O) groups is 1. The van der Waals surface area contributed by atoms with E-state index >= 15 is 0 Å². The molecule has 0 unspecified atom stereocenters. The molecular weight excluding hydrogens is 240 g/mol. The lowest BCUT2D eigenvalue weighted by Gasteiger charge is -2.28. The van der Waals surface area contributed by atoms with Gasteiger partial charge in [0, 0.05) is 6.04 Å². The van der Waals surface area contributed by atoms with Crippen LogP contribution in [0.1, 0.15) is 19.4 Å². The molecule has 0 spiro atoms. The molecule has 0 fully saturated rings. The van der Waals surface area contributed by atoms with Crippen LogP contribution in [0.25, 0.3) is 0 Å². The van der Waals surface area contributed by atoms with E-state index in [1.54, 1.807) is 17.0 Å². The molecule has 0 aliphatic heterocycles. The van der Waals surface area contributed by atoms with Gasteiger partial charge in [-0.3, -0.25) is 4.79 Å². The molecule has 0 heterocycles. The summed E-state index contributed by atoms with van der Waals surface area (Å²) in [4.78, 5) is 12.5. The number of halogens is 1. The van der Waals surface area contributed by atoms with Crippen molar-refractivity contribution >= 4 is 23.3 Å². The molecular formula is C12H13ClN2O2. The molecule has 0 amide bonds. The minimum absolute atomic E-state index is 0.0107.